The molecule has 46 heavy (non-hydrogen) atoms. The number of hydrogen-bond donors (Lipinski definition) is 2. The van der Waals surface area contributed by atoms with Crippen LogP contribution < -0.4 is 15.6 Å². The third-order valence-electron chi connectivity index (χ3n) is 8.06. The van der Waals surface area contributed by atoms with Crippen LogP contribution in [-0.2, 0) is 14.9 Å². The fourth-order valence-corrected chi connectivity index (χ4v) is 6.80. The van der Waals surface area contributed by atoms with Crippen LogP contribution in [0.15, 0.2) is 111 Å². The Labute approximate surface area is 270 Å². The summed E-state index contributed by atoms with van der Waals surface area (Å²) in [6.45, 7) is 10.4. The van der Waals surface area contributed by atoms with Gasteiger partial charge in [-0.2, -0.15) is 0 Å². The van der Waals surface area contributed by atoms with E-state index in [1.165, 1.54) is 0 Å². The van der Waals surface area contributed by atoms with Crippen LogP contribution in [0.1, 0.15) is 35.6 Å². The second kappa shape index (κ2) is 12.9. The predicted molar refractivity (Wildman–Crippen MR) is 185 cm³/mol. The second-order valence-electron chi connectivity index (χ2n) is 11.5. The molecule has 0 amide bonds. The molecule has 4 aromatic carbocycles. The molecule has 1 aliphatic carbocycles. The molecule has 0 bridgehead atoms. The zero-order valence-electron chi connectivity index (χ0n) is 26.6. The van der Waals surface area contributed by atoms with E-state index >= 15 is 0 Å². The lowest BCUT2D eigenvalue weighted by Crippen LogP contribution is -2.25. The highest BCUT2D eigenvalue weighted by atomic mass is 32.2. The first-order valence-electron chi connectivity index (χ1n) is 15.3. The SMILES string of the molecule is CCCONS(=O)(=O)c1ccccc1-c1c2cc/c(=N\c3c(C)cccc3C)cc-2oc2cc(Nc3c(C)cccc3C)ccc12. The van der Waals surface area contributed by atoms with Gasteiger partial charge in [0, 0.05) is 45.6 Å². The molecule has 0 aromatic heterocycles. The average Bonchev–Trinajstić information content (AvgIpc) is 3.03. The van der Waals surface area contributed by atoms with E-state index in [0.29, 0.717) is 23.3 Å². The second-order valence-corrected chi connectivity index (χ2v) is 13.2. The van der Waals surface area contributed by atoms with E-state index in [0.717, 1.165) is 61.2 Å². The lowest BCUT2D eigenvalue weighted by molar-refractivity contribution is 0.0938. The average molecular weight is 632 g/mol. The molecule has 1 heterocycles. The first-order valence-corrected chi connectivity index (χ1v) is 16.8. The minimum absolute atomic E-state index is 0.113. The quantitative estimate of drug-likeness (QED) is 0.0944. The van der Waals surface area contributed by atoms with Crippen LogP contribution in [0.5, 0.6) is 0 Å². The van der Waals surface area contributed by atoms with E-state index in [-0.39, 0.29) is 11.5 Å². The maximum atomic E-state index is 13.5. The van der Waals surface area contributed by atoms with Gasteiger partial charge in [-0.1, -0.05) is 66.4 Å². The van der Waals surface area contributed by atoms with E-state index in [1.54, 1.807) is 12.1 Å². The zero-order valence-corrected chi connectivity index (χ0v) is 27.5. The van der Waals surface area contributed by atoms with Crippen molar-refractivity contribution in [2.75, 3.05) is 11.9 Å². The van der Waals surface area contributed by atoms with Crippen molar-refractivity contribution < 1.29 is 17.7 Å². The van der Waals surface area contributed by atoms with Crippen LogP contribution >= 0.6 is 0 Å². The Bertz CT molecular complexity index is 2180. The highest BCUT2D eigenvalue weighted by Gasteiger charge is 2.25. The molecular formula is C38H37N3O4S. The third kappa shape index (κ3) is 6.20. The van der Waals surface area contributed by atoms with Crippen molar-refractivity contribution >= 4 is 38.1 Å². The first kappa shape index (κ1) is 31.2. The van der Waals surface area contributed by atoms with Crippen molar-refractivity contribution in [3.8, 4) is 22.5 Å². The van der Waals surface area contributed by atoms with Gasteiger partial charge in [0.15, 0.2) is 0 Å². The predicted octanol–water partition coefficient (Wildman–Crippen LogP) is 9.03. The van der Waals surface area contributed by atoms with Crippen molar-refractivity contribution in [3.63, 3.8) is 0 Å². The van der Waals surface area contributed by atoms with Gasteiger partial charge >= 0.3 is 0 Å². The molecule has 8 heteroatoms. The van der Waals surface area contributed by atoms with Gasteiger partial charge < -0.3 is 9.73 Å². The summed E-state index contributed by atoms with van der Waals surface area (Å²) in [5, 5.41) is 5.07. The molecule has 234 valence electrons. The Kier molecular flexibility index (Phi) is 8.77. The third-order valence-corrected chi connectivity index (χ3v) is 9.33. The molecule has 0 atom stereocenters. The monoisotopic (exact) mass is 631 g/mol. The number of anilines is 2. The minimum Gasteiger partial charge on any atom is -0.456 e. The summed E-state index contributed by atoms with van der Waals surface area (Å²) in [5.41, 5.74) is 9.87. The fraction of sp³-hybridized carbons (Fsp3) is 0.184. The molecule has 2 aliphatic rings. The molecule has 7 nitrogen and oxygen atoms in total. The number of benzene rings is 5. The summed E-state index contributed by atoms with van der Waals surface area (Å²) >= 11 is 0. The zero-order chi connectivity index (χ0) is 32.4. The topological polar surface area (TPSA) is 92.9 Å². The summed E-state index contributed by atoms with van der Waals surface area (Å²) in [6.07, 6.45) is 0.674. The number of nitrogens with one attached hydrogen (secondary N) is 2. The molecule has 0 unspecified atom stereocenters. The Morgan fingerprint density at radius 2 is 1.46 bits per heavy atom. The van der Waals surface area contributed by atoms with Gasteiger partial charge in [0.2, 0.25) is 0 Å². The summed E-state index contributed by atoms with van der Waals surface area (Å²) < 4.78 is 33.7. The summed E-state index contributed by atoms with van der Waals surface area (Å²) in [5.74, 6) is 0.585. The van der Waals surface area contributed by atoms with Gasteiger partial charge in [-0.05, 0) is 86.7 Å². The number of hydrogen-bond acceptors (Lipinski definition) is 6. The maximum absolute atomic E-state index is 13.5. The number of nitrogens with zero attached hydrogens (tertiary/aromatic N) is 1. The number of para-hydroxylation sites is 2. The lowest BCUT2D eigenvalue weighted by Gasteiger charge is -2.19. The number of sulfonamides is 1. The molecule has 0 spiro atoms. The Morgan fingerprint density at radius 3 is 2.17 bits per heavy atom. The van der Waals surface area contributed by atoms with Gasteiger partial charge in [-0.25, -0.2) is 13.4 Å². The number of rotatable bonds is 9. The summed E-state index contributed by atoms with van der Waals surface area (Å²) in [7, 11) is -4.00. The van der Waals surface area contributed by atoms with E-state index in [2.05, 4.69) is 36.2 Å². The Hall–Kier alpha value is -4.76. The summed E-state index contributed by atoms with van der Waals surface area (Å²) in [4.78, 5) is 12.7. The summed E-state index contributed by atoms with van der Waals surface area (Å²) in [6, 6.07) is 31.0. The number of aryl methyl sites for hydroxylation is 4. The Morgan fingerprint density at radius 1 is 0.761 bits per heavy atom. The van der Waals surface area contributed by atoms with E-state index < -0.39 is 10.0 Å². The normalized spacial score (nSPS) is 12.2. The van der Waals surface area contributed by atoms with Gasteiger partial charge in [-0.15, -0.1) is 0 Å². The highest BCUT2D eigenvalue weighted by Crippen LogP contribution is 2.43. The molecule has 1 aliphatic heterocycles. The van der Waals surface area contributed by atoms with Crippen molar-refractivity contribution in [2.45, 2.75) is 45.9 Å². The van der Waals surface area contributed by atoms with Crippen molar-refractivity contribution in [2.24, 2.45) is 4.99 Å². The molecule has 0 saturated carbocycles. The molecule has 0 saturated heterocycles. The fourth-order valence-electron chi connectivity index (χ4n) is 5.76. The molecule has 4 aromatic rings. The highest BCUT2D eigenvalue weighted by molar-refractivity contribution is 7.89. The van der Waals surface area contributed by atoms with Gasteiger partial charge in [0.1, 0.15) is 11.3 Å². The lowest BCUT2D eigenvalue weighted by atomic mass is 9.93. The van der Waals surface area contributed by atoms with Crippen LogP contribution in [0, 0.1) is 27.7 Å². The van der Waals surface area contributed by atoms with Crippen LogP contribution in [0.2, 0.25) is 0 Å². The van der Waals surface area contributed by atoms with E-state index in [1.807, 2.05) is 93.6 Å². The van der Waals surface area contributed by atoms with Gasteiger partial charge in [0.05, 0.1) is 22.5 Å². The molecule has 6 rings (SSSR count). The van der Waals surface area contributed by atoms with Gasteiger partial charge in [0.25, 0.3) is 10.0 Å². The van der Waals surface area contributed by atoms with E-state index in [9.17, 15) is 8.42 Å². The largest absolute Gasteiger partial charge is 0.456 e. The smallest absolute Gasteiger partial charge is 0.263 e. The molecule has 2 N–H and O–H groups in total. The van der Waals surface area contributed by atoms with Crippen LogP contribution in [0.3, 0.4) is 0 Å². The molecule has 0 fully saturated rings. The van der Waals surface area contributed by atoms with Crippen molar-refractivity contribution in [1.29, 1.82) is 0 Å². The number of fused-ring (bicyclic) bond motifs is 2. The van der Waals surface area contributed by atoms with Crippen molar-refractivity contribution in [3.05, 3.63) is 125 Å². The van der Waals surface area contributed by atoms with Gasteiger partial charge in [-0.3, -0.25) is 4.84 Å². The van der Waals surface area contributed by atoms with Crippen LogP contribution in [0.4, 0.5) is 17.1 Å². The standard InChI is InChI=1S/C38H37N3O4S/c1-6-21-44-41-46(42,43)35-16-8-7-15-32(35)36-30-19-17-28(39-37-24(2)11-9-12-25(37)3)22-33(30)45-34-23-29(18-20-31(34)36)40-38-26(4)13-10-14-27(38)5/h7-20,22-23,39,41H,6,21H2,1-5H3/b40-29+. The van der Waals surface area contributed by atoms with Crippen molar-refractivity contribution in [1.82, 2.24) is 4.89 Å². The Balaban J connectivity index is 1.60. The first-order chi connectivity index (χ1) is 22.2. The molecule has 0 radical (unpaired) electrons. The van der Waals surface area contributed by atoms with Crippen LogP contribution in [-0.4, -0.2) is 15.0 Å². The van der Waals surface area contributed by atoms with E-state index in [4.69, 9.17) is 14.2 Å². The van der Waals surface area contributed by atoms with Crippen LogP contribution in [0.25, 0.3) is 33.4 Å². The minimum atomic E-state index is -4.00. The molecular weight excluding hydrogens is 595 g/mol. The maximum Gasteiger partial charge on any atom is 0.263 e.